The molecule has 34 heavy (non-hydrogen) atoms. The minimum absolute atomic E-state index is 0.0324. The van der Waals surface area contributed by atoms with E-state index >= 15 is 0 Å². The van der Waals surface area contributed by atoms with Crippen LogP contribution >= 0.6 is 0 Å². The van der Waals surface area contributed by atoms with E-state index in [0.717, 1.165) is 18.1 Å². The van der Waals surface area contributed by atoms with E-state index in [-0.39, 0.29) is 13.2 Å². The lowest BCUT2D eigenvalue weighted by Crippen LogP contribution is -2.64. The summed E-state index contributed by atoms with van der Waals surface area (Å²) in [6, 6.07) is 18.1. The van der Waals surface area contributed by atoms with E-state index < -0.39 is 57.2 Å². The highest BCUT2D eigenvalue weighted by Crippen LogP contribution is 2.37. The molecule has 0 spiro atoms. The van der Waals surface area contributed by atoms with Crippen LogP contribution in [0.1, 0.15) is 17.4 Å². The van der Waals surface area contributed by atoms with Crippen LogP contribution in [0, 0.1) is 0 Å². The Bertz CT molecular complexity index is 1150. The summed E-state index contributed by atoms with van der Waals surface area (Å²) in [5, 5.41) is 0. The Balaban J connectivity index is 1.63. The van der Waals surface area contributed by atoms with Gasteiger partial charge in [0.2, 0.25) is 0 Å². The molecule has 0 amide bonds. The van der Waals surface area contributed by atoms with E-state index in [2.05, 4.69) is 0 Å². The molecule has 12 heteroatoms. The maximum absolute atomic E-state index is 12.1. The smallest absolute Gasteiger partial charge is 0.264 e. The first kappa shape index (κ1) is 25.2. The Kier molecular flexibility index (Phi) is 7.69. The van der Waals surface area contributed by atoms with Gasteiger partial charge in [-0.1, -0.05) is 60.7 Å². The highest BCUT2D eigenvalue weighted by atomic mass is 32.2. The van der Waals surface area contributed by atoms with Crippen LogP contribution in [0.4, 0.5) is 0 Å². The van der Waals surface area contributed by atoms with Gasteiger partial charge in [0.15, 0.2) is 18.7 Å². The molecule has 2 saturated heterocycles. The van der Waals surface area contributed by atoms with E-state index in [0.29, 0.717) is 5.56 Å². The predicted octanol–water partition coefficient (Wildman–Crippen LogP) is 1.73. The van der Waals surface area contributed by atoms with Gasteiger partial charge in [0.1, 0.15) is 18.3 Å². The van der Waals surface area contributed by atoms with Gasteiger partial charge in [-0.05, 0) is 5.56 Å². The molecule has 0 aliphatic carbocycles. The van der Waals surface area contributed by atoms with Gasteiger partial charge in [-0.25, -0.2) is 0 Å². The van der Waals surface area contributed by atoms with Crippen molar-refractivity contribution in [1.82, 2.24) is 0 Å². The molecule has 0 unspecified atom stereocenters. The number of hydrogen-bond donors (Lipinski definition) is 0. The van der Waals surface area contributed by atoms with Crippen molar-refractivity contribution in [3.05, 3.63) is 71.8 Å². The van der Waals surface area contributed by atoms with Crippen molar-refractivity contribution in [3.8, 4) is 0 Å². The maximum atomic E-state index is 12.1. The summed E-state index contributed by atoms with van der Waals surface area (Å²) >= 11 is 0. The Hall–Kier alpha value is -1.90. The Morgan fingerprint density at radius 1 is 0.824 bits per heavy atom. The summed E-state index contributed by atoms with van der Waals surface area (Å²) < 4.78 is 82.6. The van der Waals surface area contributed by atoms with Crippen molar-refractivity contribution < 1.29 is 44.1 Å². The molecule has 2 heterocycles. The summed E-state index contributed by atoms with van der Waals surface area (Å²) in [4.78, 5) is 0. The van der Waals surface area contributed by atoms with E-state index in [1.807, 2.05) is 36.4 Å². The Morgan fingerprint density at radius 3 is 2.03 bits per heavy atom. The molecule has 0 bridgehead atoms. The number of hydrogen-bond acceptors (Lipinski definition) is 10. The molecule has 186 valence electrons. The SMILES string of the molecule is CS(=O)(=O)O[C@@H]1[C@@H](OS(C)(=O)=O)[C@H](OCc2ccccc2)O[C@@H]2CO[C@@H](c3ccccc3)O[C@@H]12. The largest absolute Gasteiger partial charge is 0.346 e. The van der Waals surface area contributed by atoms with Gasteiger partial charge in [0.05, 0.1) is 25.7 Å². The van der Waals surface area contributed by atoms with Crippen molar-refractivity contribution in [3.63, 3.8) is 0 Å². The monoisotopic (exact) mass is 514 g/mol. The average molecular weight is 515 g/mol. The Morgan fingerprint density at radius 2 is 1.41 bits per heavy atom. The Labute approximate surface area is 198 Å². The van der Waals surface area contributed by atoms with Gasteiger partial charge in [-0.3, -0.25) is 8.37 Å². The van der Waals surface area contributed by atoms with Crippen LogP contribution < -0.4 is 0 Å². The van der Waals surface area contributed by atoms with E-state index in [9.17, 15) is 16.8 Å². The van der Waals surface area contributed by atoms with Gasteiger partial charge in [-0.15, -0.1) is 0 Å². The van der Waals surface area contributed by atoms with Crippen molar-refractivity contribution in [2.75, 3.05) is 19.1 Å². The van der Waals surface area contributed by atoms with Crippen LogP contribution in [0.25, 0.3) is 0 Å². The quantitative estimate of drug-likeness (QED) is 0.481. The zero-order valence-corrected chi connectivity index (χ0v) is 20.2. The van der Waals surface area contributed by atoms with Crippen molar-refractivity contribution in [2.24, 2.45) is 0 Å². The van der Waals surface area contributed by atoms with Gasteiger partial charge in [-0.2, -0.15) is 16.8 Å². The second-order valence-electron chi connectivity index (χ2n) is 8.05. The second-order valence-corrected chi connectivity index (χ2v) is 11.2. The topological polar surface area (TPSA) is 124 Å². The van der Waals surface area contributed by atoms with Crippen LogP contribution in [0.5, 0.6) is 0 Å². The highest BCUT2D eigenvalue weighted by molar-refractivity contribution is 7.86. The number of benzene rings is 2. The summed E-state index contributed by atoms with van der Waals surface area (Å²) in [5.41, 5.74) is 1.49. The highest BCUT2D eigenvalue weighted by Gasteiger charge is 2.54. The van der Waals surface area contributed by atoms with Gasteiger partial charge in [0, 0.05) is 5.56 Å². The molecular formula is C22H26O10S2. The number of ether oxygens (including phenoxy) is 4. The first-order valence-electron chi connectivity index (χ1n) is 10.5. The van der Waals surface area contributed by atoms with Gasteiger partial charge in [0.25, 0.3) is 20.2 Å². The minimum Gasteiger partial charge on any atom is -0.346 e. The van der Waals surface area contributed by atoms with Crippen LogP contribution in [0.3, 0.4) is 0 Å². The summed E-state index contributed by atoms with van der Waals surface area (Å²) in [7, 11) is -8.10. The van der Waals surface area contributed by atoms with E-state index in [1.165, 1.54) is 0 Å². The first-order valence-corrected chi connectivity index (χ1v) is 14.1. The van der Waals surface area contributed by atoms with Crippen molar-refractivity contribution in [2.45, 2.75) is 43.6 Å². The molecule has 10 nitrogen and oxygen atoms in total. The lowest BCUT2D eigenvalue weighted by Gasteiger charge is -2.47. The normalized spacial score (nSPS) is 29.9. The summed E-state index contributed by atoms with van der Waals surface area (Å²) in [6.45, 7) is 0.0944. The fourth-order valence-electron chi connectivity index (χ4n) is 3.83. The zero-order chi connectivity index (χ0) is 24.3. The third-order valence-corrected chi connectivity index (χ3v) is 6.33. The van der Waals surface area contributed by atoms with Crippen LogP contribution in [0.15, 0.2) is 60.7 Å². The molecule has 2 aliphatic rings. The van der Waals surface area contributed by atoms with Crippen molar-refractivity contribution >= 4 is 20.2 Å². The average Bonchev–Trinajstić information content (AvgIpc) is 2.79. The fraction of sp³-hybridized carbons (Fsp3) is 0.455. The van der Waals surface area contributed by atoms with E-state index in [1.54, 1.807) is 24.3 Å². The lowest BCUT2D eigenvalue weighted by atomic mass is 9.98. The van der Waals surface area contributed by atoms with Crippen molar-refractivity contribution in [1.29, 1.82) is 0 Å². The third-order valence-electron chi connectivity index (χ3n) is 5.18. The van der Waals surface area contributed by atoms with Crippen LogP contribution in [-0.2, 0) is 54.2 Å². The summed E-state index contributed by atoms with van der Waals surface area (Å²) in [5.74, 6) is 0. The zero-order valence-electron chi connectivity index (χ0n) is 18.6. The standard InChI is InChI=1S/C22H26O10S2/c1-33(23,24)31-19-18-17(14-28-21(30-18)16-11-7-4-8-12-16)29-22(20(19)32-34(2,25)26)27-13-15-9-5-3-6-10-15/h3-12,17-22H,13-14H2,1-2H3/t17-,18-,19+,20-,21-,22-/m1/s1. The fourth-order valence-corrected chi connectivity index (χ4v) is 5.06. The van der Waals surface area contributed by atoms with Gasteiger partial charge >= 0.3 is 0 Å². The predicted molar refractivity (Wildman–Crippen MR) is 119 cm³/mol. The number of rotatable bonds is 8. The van der Waals surface area contributed by atoms with Crippen LogP contribution in [0.2, 0.25) is 0 Å². The molecule has 2 fully saturated rings. The lowest BCUT2D eigenvalue weighted by molar-refractivity contribution is -0.355. The molecule has 0 saturated carbocycles. The molecule has 2 aromatic carbocycles. The minimum atomic E-state index is -4.05. The van der Waals surface area contributed by atoms with E-state index in [4.69, 9.17) is 27.3 Å². The molecule has 2 aliphatic heterocycles. The molecule has 0 N–H and O–H groups in total. The molecule has 4 rings (SSSR count). The molecular weight excluding hydrogens is 488 g/mol. The molecule has 2 aromatic rings. The molecule has 6 atom stereocenters. The van der Waals surface area contributed by atoms with Gasteiger partial charge < -0.3 is 18.9 Å². The maximum Gasteiger partial charge on any atom is 0.264 e. The summed E-state index contributed by atoms with van der Waals surface area (Å²) in [6.07, 6.45) is -5.04. The molecule has 0 radical (unpaired) electrons. The number of fused-ring (bicyclic) bond motifs is 1. The van der Waals surface area contributed by atoms with Crippen LogP contribution in [-0.4, -0.2) is 66.7 Å². The third kappa shape index (κ3) is 6.61. The second kappa shape index (κ2) is 10.4. The first-order chi connectivity index (χ1) is 16.1. The molecule has 0 aromatic heterocycles.